The summed E-state index contributed by atoms with van der Waals surface area (Å²) in [6.45, 7) is 0. The monoisotopic (exact) mass is 399 g/mol. The molecule has 1 aliphatic rings. The van der Waals surface area contributed by atoms with Crippen LogP contribution in [-0.2, 0) is 0 Å². The highest BCUT2D eigenvalue weighted by Crippen LogP contribution is 2.43. The molecule has 0 aliphatic carbocycles. The van der Waals surface area contributed by atoms with Gasteiger partial charge in [0, 0.05) is 23.0 Å². The first kappa shape index (κ1) is 19.1. The molecule has 0 spiro atoms. The smallest absolute Gasteiger partial charge is 0.363 e. The fourth-order valence-electron chi connectivity index (χ4n) is 2.97. The molecule has 1 fully saturated rings. The Labute approximate surface area is 156 Å². The summed E-state index contributed by atoms with van der Waals surface area (Å²) in [6.07, 6.45) is -2.86. The number of alkyl halides is 3. The van der Waals surface area contributed by atoms with E-state index >= 15 is 0 Å². The lowest BCUT2D eigenvalue weighted by Gasteiger charge is -2.45. The first-order valence-corrected chi connectivity index (χ1v) is 8.09. The van der Waals surface area contributed by atoms with E-state index in [-0.39, 0.29) is 11.1 Å². The van der Waals surface area contributed by atoms with Crippen molar-refractivity contribution in [1.82, 2.24) is 15.6 Å². The predicted molar refractivity (Wildman–Crippen MR) is 88.9 cm³/mol. The van der Waals surface area contributed by atoms with Crippen LogP contribution in [-0.4, -0.2) is 33.8 Å². The Morgan fingerprint density at radius 3 is 2.44 bits per heavy atom. The molecule has 2 aromatic rings. The van der Waals surface area contributed by atoms with Crippen LogP contribution in [0.2, 0.25) is 5.02 Å². The Kier molecular flexibility index (Phi) is 4.83. The quantitative estimate of drug-likeness (QED) is 0.692. The van der Waals surface area contributed by atoms with Gasteiger partial charge in [-0.05, 0) is 29.8 Å². The Morgan fingerprint density at radius 1 is 1.22 bits per heavy atom. The Morgan fingerprint density at radius 2 is 1.89 bits per heavy atom. The number of benzene rings is 1. The minimum Gasteiger partial charge on any atom is -0.363 e. The third-order valence-electron chi connectivity index (χ3n) is 4.26. The van der Waals surface area contributed by atoms with E-state index in [2.05, 4.69) is 10.3 Å². The van der Waals surface area contributed by atoms with Gasteiger partial charge < -0.3 is 15.7 Å². The zero-order chi connectivity index (χ0) is 19.8. The van der Waals surface area contributed by atoms with Crippen LogP contribution in [0, 0.1) is 5.92 Å². The number of hydrogen-bond acceptors (Lipinski definition) is 4. The van der Waals surface area contributed by atoms with E-state index in [1.807, 2.05) is 0 Å². The Bertz CT molecular complexity index is 861. The normalized spacial score (nSPS) is 25.4. The lowest BCUT2D eigenvalue weighted by atomic mass is 9.77. The van der Waals surface area contributed by atoms with Gasteiger partial charge in [0.2, 0.25) is 5.72 Å². The second-order valence-corrected chi connectivity index (χ2v) is 6.41. The SMILES string of the molecule is O=C1N[C@H](c2ccc(Cl)cc2)[C@@H](C(=O)c2cccnc2)[C@@](O)(C(F)(F)F)N1. The molecule has 3 rings (SSSR count). The van der Waals surface area contributed by atoms with E-state index in [9.17, 15) is 27.9 Å². The van der Waals surface area contributed by atoms with Crippen molar-refractivity contribution in [2.75, 3.05) is 0 Å². The van der Waals surface area contributed by atoms with Crippen molar-refractivity contribution >= 4 is 23.4 Å². The molecule has 1 aromatic carbocycles. The van der Waals surface area contributed by atoms with Gasteiger partial charge in [-0.3, -0.25) is 9.78 Å². The summed E-state index contributed by atoms with van der Waals surface area (Å²) in [7, 11) is 0. The first-order chi connectivity index (χ1) is 12.6. The number of Topliss-reactive ketones (excluding diaryl/α,β-unsaturated/α-hetero) is 1. The minimum absolute atomic E-state index is 0.137. The summed E-state index contributed by atoms with van der Waals surface area (Å²) in [6, 6.07) is 5.51. The van der Waals surface area contributed by atoms with Gasteiger partial charge in [-0.15, -0.1) is 0 Å². The summed E-state index contributed by atoms with van der Waals surface area (Å²) in [5.41, 5.74) is -3.73. The number of halogens is 4. The molecule has 1 aromatic heterocycles. The highest BCUT2D eigenvalue weighted by Gasteiger charge is 2.66. The maximum absolute atomic E-state index is 13.7. The number of hydrogen-bond donors (Lipinski definition) is 3. The van der Waals surface area contributed by atoms with E-state index in [0.717, 1.165) is 6.20 Å². The third-order valence-corrected chi connectivity index (χ3v) is 4.52. The summed E-state index contributed by atoms with van der Waals surface area (Å²) < 4.78 is 41.1. The number of nitrogens with zero attached hydrogens (tertiary/aromatic N) is 1. The molecule has 1 aliphatic heterocycles. The zero-order valence-corrected chi connectivity index (χ0v) is 14.3. The number of rotatable bonds is 3. The molecule has 3 atom stereocenters. The van der Waals surface area contributed by atoms with E-state index in [4.69, 9.17) is 11.6 Å². The van der Waals surface area contributed by atoms with Crippen LogP contribution in [0.25, 0.3) is 0 Å². The van der Waals surface area contributed by atoms with Crippen molar-refractivity contribution in [2.45, 2.75) is 17.9 Å². The molecule has 2 amide bonds. The van der Waals surface area contributed by atoms with Gasteiger partial charge in [-0.25, -0.2) is 4.79 Å². The van der Waals surface area contributed by atoms with E-state index in [1.165, 1.54) is 47.9 Å². The van der Waals surface area contributed by atoms with Gasteiger partial charge in [0.1, 0.15) is 5.92 Å². The van der Waals surface area contributed by atoms with Crippen molar-refractivity contribution in [2.24, 2.45) is 5.92 Å². The van der Waals surface area contributed by atoms with Crippen LogP contribution in [0.3, 0.4) is 0 Å². The number of urea groups is 1. The standard InChI is InChI=1S/C17H13ClF3N3O3/c18-11-5-3-9(4-6-11)13-12(14(25)10-2-1-7-22-8-10)16(27,17(19,20)21)24-15(26)23-13/h1-8,12-13,27H,(H2,23,24,26)/t12-,13+,16+/m0/s1. The summed E-state index contributed by atoms with van der Waals surface area (Å²) in [5.74, 6) is -3.13. The molecule has 10 heteroatoms. The van der Waals surface area contributed by atoms with Crippen LogP contribution >= 0.6 is 11.6 Å². The van der Waals surface area contributed by atoms with Gasteiger partial charge in [-0.2, -0.15) is 13.2 Å². The van der Waals surface area contributed by atoms with Crippen molar-refractivity contribution in [3.63, 3.8) is 0 Å². The van der Waals surface area contributed by atoms with Gasteiger partial charge in [0.15, 0.2) is 5.78 Å². The molecule has 3 N–H and O–H groups in total. The fourth-order valence-corrected chi connectivity index (χ4v) is 3.10. The second-order valence-electron chi connectivity index (χ2n) is 5.98. The highest BCUT2D eigenvalue weighted by molar-refractivity contribution is 6.30. The lowest BCUT2D eigenvalue weighted by Crippen LogP contribution is -2.72. The highest BCUT2D eigenvalue weighted by atomic mass is 35.5. The van der Waals surface area contributed by atoms with Crippen LogP contribution in [0.15, 0.2) is 48.8 Å². The maximum atomic E-state index is 13.7. The van der Waals surface area contributed by atoms with Gasteiger partial charge in [0.25, 0.3) is 0 Å². The number of amides is 2. The first-order valence-electron chi connectivity index (χ1n) is 7.71. The molecule has 2 heterocycles. The number of aromatic nitrogens is 1. The summed E-state index contributed by atoms with van der Waals surface area (Å²) in [5, 5.41) is 14.5. The molecule has 0 unspecified atom stereocenters. The topological polar surface area (TPSA) is 91.3 Å². The van der Waals surface area contributed by atoms with Crippen molar-refractivity contribution in [3.05, 3.63) is 64.9 Å². The fraction of sp³-hybridized carbons (Fsp3) is 0.235. The molecule has 6 nitrogen and oxygen atoms in total. The molecule has 0 bridgehead atoms. The second kappa shape index (κ2) is 6.82. The van der Waals surface area contributed by atoms with Crippen LogP contribution in [0.5, 0.6) is 0 Å². The number of ketones is 1. The largest absolute Gasteiger partial charge is 0.437 e. The molecule has 0 saturated carbocycles. The lowest BCUT2D eigenvalue weighted by molar-refractivity contribution is -0.287. The molecular formula is C17H13ClF3N3O3. The average Bonchev–Trinajstić information content (AvgIpc) is 2.61. The van der Waals surface area contributed by atoms with Crippen LogP contribution in [0.4, 0.5) is 18.0 Å². The number of pyridine rings is 1. The summed E-state index contributed by atoms with van der Waals surface area (Å²) >= 11 is 5.80. The summed E-state index contributed by atoms with van der Waals surface area (Å²) in [4.78, 5) is 28.5. The Hall–Kier alpha value is -2.65. The number of carbonyl (C=O) groups is 2. The van der Waals surface area contributed by atoms with E-state index in [0.29, 0.717) is 5.02 Å². The van der Waals surface area contributed by atoms with Crippen molar-refractivity contribution in [3.8, 4) is 0 Å². The number of aliphatic hydroxyl groups is 1. The van der Waals surface area contributed by atoms with Gasteiger partial charge >= 0.3 is 12.2 Å². The van der Waals surface area contributed by atoms with Crippen LogP contribution in [0.1, 0.15) is 22.0 Å². The average molecular weight is 400 g/mol. The van der Waals surface area contributed by atoms with Gasteiger partial charge in [0.05, 0.1) is 6.04 Å². The molecule has 0 radical (unpaired) electrons. The zero-order valence-electron chi connectivity index (χ0n) is 13.5. The Balaban J connectivity index is 2.15. The minimum atomic E-state index is -5.31. The van der Waals surface area contributed by atoms with Crippen LogP contribution < -0.4 is 10.6 Å². The van der Waals surface area contributed by atoms with Crippen molar-refractivity contribution in [1.29, 1.82) is 0 Å². The number of nitrogens with one attached hydrogen (secondary N) is 2. The molecule has 27 heavy (non-hydrogen) atoms. The predicted octanol–water partition coefficient (Wildman–Crippen LogP) is 2.84. The third kappa shape index (κ3) is 3.47. The van der Waals surface area contributed by atoms with Crippen molar-refractivity contribution < 1.29 is 27.9 Å². The van der Waals surface area contributed by atoms with E-state index < -0.39 is 35.7 Å². The molecule has 142 valence electrons. The van der Waals surface area contributed by atoms with E-state index in [1.54, 1.807) is 0 Å². The number of carbonyl (C=O) groups excluding carboxylic acids is 2. The maximum Gasteiger partial charge on any atom is 0.437 e. The van der Waals surface area contributed by atoms with Gasteiger partial charge in [-0.1, -0.05) is 23.7 Å². The molecular weight excluding hydrogens is 387 g/mol. The molecule has 1 saturated heterocycles.